The summed E-state index contributed by atoms with van der Waals surface area (Å²) in [6.45, 7) is 7.47. The summed E-state index contributed by atoms with van der Waals surface area (Å²) in [4.78, 5) is 52.8. The van der Waals surface area contributed by atoms with Crippen LogP contribution in [0.4, 0.5) is 0 Å². The van der Waals surface area contributed by atoms with Crippen LogP contribution in [0.25, 0.3) is 18.2 Å². The molecule has 0 saturated heterocycles. The number of hydrogen-bond acceptors (Lipinski definition) is 5. The minimum absolute atomic E-state index is 0.0869. The standard InChI is InChI=1S/C36H43N3O8/c1-20-6-5-7-21(2)25(10-15-34(42)43)28(37)18-30-23(4)27(12-17-36(46)47)32(39-30)19-31-22(3)26(11-16-35(44)45)29(38-31)13-8-24(20)9-14-33(40)41/h5-8,13,18-19,38-39H,9-12,14-17,37H2,1-4H3,(H,40,41)(H,42,43)(H,44,45)(H,46,47)/b6-5?,7-5+,13-8?,20-6-,21-7?,24-8+,24-20?,25-21-,28-18-,28-25?,29-13?,30-18?,31-19-,32-19?. The number of nitrogens with one attached hydrogen (secondary N) is 2. The maximum absolute atomic E-state index is 11.5. The molecule has 4 bridgehead atoms. The van der Waals surface area contributed by atoms with Gasteiger partial charge in [-0.2, -0.15) is 0 Å². The van der Waals surface area contributed by atoms with Crippen molar-refractivity contribution >= 4 is 42.1 Å². The zero-order valence-corrected chi connectivity index (χ0v) is 27.2. The van der Waals surface area contributed by atoms with Gasteiger partial charge in [0.05, 0.1) is 0 Å². The molecule has 0 amide bonds. The molecule has 0 fully saturated rings. The van der Waals surface area contributed by atoms with Gasteiger partial charge in [-0.3, -0.25) is 19.2 Å². The van der Waals surface area contributed by atoms with E-state index in [4.69, 9.17) is 5.73 Å². The van der Waals surface area contributed by atoms with E-state index in [1.165, 1.54) is 0 Å². The van der Waals surface area contributed by atoms with Gasteiger partial charge in [-0.25, -0.2) is 0 Å². The van der Waals surface area contributed by atoms with E-state index in [0.29, 0.717) is 33.4 Å². The first-order valence-corrected chi connectivity index (χ1v) is 15.4. The van der Waals surface area contributed by atoms with Crippen LogP contribution in [-0.2, 0) is 32.0 Å². The van der Waals surface area contributed by atoms with Crippen molar-refractivity contribution in [3.8, 4) is 0 Å². The van der Waals surface area contributed by atoms with Gasteiger partial charge in [0.15, 0.2) is 0 Å². The van der Waals surface area contributed by atoms with Gasteiger partial charge in [0.2, 0.25) is 0 Å². The molecule has 3 heterocycles. The lowest BCUT2D eigenvalue weighted by atomic mass is 9.98. The number of carboxylic acids is 4. The Morgan fingerprint density at radius 3 is 1.83 bits per heavy atom. The first kappa shape index (κ1) is 36.2. The summed E-state index contributed by atoms with van der Waals surface area (Å²) < 4.78 is 0. The maximum atomic E-state index is 11.5. The van der Waals surface area contributed by atoms with Gasteiger partial charge < -0.3 is 36.1 Å². The average Bonchev–Trinajstić information content (AvgIpc) is 3.43. The summed E-state index contributed by atoms with van der Waals surface area (Å²) in [5.41, 5.74) is 14.5. The number of carboxylic acid groups (broad SMARTS) is 4. The molecule has 47 heavy (non-hydrogen) atoms. The highest BCUT2D eigenvalue weighted by Gasteiger charge is 2.17. The number of aromatic amines is 2. The first-order valence-electron chi connectivity index (χ1n) is 15.4. The predicted molar refractivity (Wildman–Crippen MR) is 180 cm³/mol. The Hall–Kier alpha value is -5.32. The largest absolute Gasteiger partial charge is 0.481 e. The van der Waals surface area contributed by atoms with Crippen LogP contribution in [0.3, 0.4) is 0 Å². The number of rotatable bonds is 12. The van der Waals surface area contributed by atoms with E-state index in [9.17, 15) is 39.6 Å². The van der Waals surface area contributed by atoms with E-state index in [2.05, 4.69) is 9.97 Å². The number of aliphatic carboxylic acids is 4. The molecule has 0 aromatic carbocycles. The molecule has 0 aliphatic carbocycles. The Bertz CT molecular complexity index is 1840. The van der Waals surface area contributed by atoms with Crippen LogP contribution in [-0.4, -0.2) is 54.3 Å². The molecule has 11 heteroatoms. The van der Waals surface area contributed by atoms with E-state index in [1.807, 2.05) is 64.2 Å². The third kappa shape index (κ3) is 10.1. The van der Waals surface area contributed by atoms with Crippen molar-refractivity contribution < 1.29 is 39.6 Å². The van der Waals surface area contributed by atoms with E-state index in [-0.39, 0.29) is 51.4 Å². The third-order valence-corrected chi connectivity index (χ3v) is 8.34. The van der Waals surface area contributed by atoms with Crippen LogP contribution in [0.15, 0.2) is 52.3 Å². The Labute approximate surface area is 272 Å². The normalized spacial score (nSPS) is 20.1. The summed E-state index contributed by atoms with van der Waals surface area (Å²) in [5.74, 6) is -3.79. The van der Waals surface area contributed by atoms with Crippen molar-refractivity contribution in [1.82, 2.24) is 9.97 Å². The van der Waals surface area contributed by atoms with Crippen molar-refractivity contribution in [2.24, 2.45) is 5.73 Å². The molecule has 3 rings (SSSR count). The van der Waals surface area contributed by atoms with Crippen LogP contribution in [0.1, 0.15) is 86.0 Å². The summed E-state index contributed by atoms with van der Waals surface area (Å²) in [7, 11) is 0. The van der Waals surface area contributed by atoms with Gasteiger partial charge in [0, 0.05) is 53.5 Å². The number of nitrogens with two attached hydrogens (primary N) is 1. The summed E-state index contributed by atoms with van der Waals surface area (Å²) >= 11 is 0. The molecule has 0 radical (unpaired) electrons. The van der Waals surface area contributed by atoms with Crippen molar-refractivity contribution in [2.75, 3.05) is 0 Å². The summed E-state index contributed by atoms with van der Waals surface area (Å²) in [6, 6.07) is 0. The number of H-pyrrole nitrogens is 2. The van der Waals surface area contributed by atoms with E-state index < -0.39 is 23.9 Å². The van der Waals surface area contributed by atoms with Crippen LogP contribution in [0.5, 0.6) is 0 Å². The lowest BCUT2D eigenvalue weighted by Gasteiger charge is -2.11. The highest BCUT2D eigenvalue weighted by molar-refractivity contribution is 5.71. The second-order valence-corrected chi connectivity index (χ2v) is 11.7. The third-order valence-electron chi connectivity index (χ3n) is 8.34. The van der Waals surface area contributed by atoms with Crippen LogP contribution < -0.4 is 16.4 Å². The fraction of sp³-hybridized carbons (Fsp3) is 0.333. The molecule has 2 aromatic heterocycles. The van der Waals surface area contributed by atoms with Crippen LogP contribution in [0, 0.1) is 13.8 Å². The van der Waals surface area contributed by atoms with Gasteiger partial charge in [0.1, 0.15) is 0 Å². The number of carbonyl (C=O) groups is 4. The summed E-state index contributed by atoms with van der Waals surface area (Å²) in [5, 5.41) is 39.1. The Morgan fingerprint density at radius 2 is 1.21 bits per heavy atom. The Balaban J connectivity index is 2.42. The van der Waals surface area contributed by atoms with Crippen molar-refractivity contribution in [1.29, 1.82) is 0 Å². The van der Waals surface area contributed by atoms with Crippen molar-refractivity contribution in [3.63, 3.8) is 0 Å². The van der Waals surface area contributed by atoms with Crippen molar-refractivity contribution in [2.45, 2.75) is 79.1 Å². The van der Waals surface area contributed by atoms with E-state index in [1.54, 1.807) is 6.08 Å². The SMILES string of the molecule is CC1=C/C=C/C(C)=C(CCC(=O)O)\C(N)=C\c2[nH]c(c(CCC(=O)O)c2C)/C=c2\[nH]c(c(CCC(=O)O)c2C)=C\C=C\1CCC(=O)O. The molecule has 2 aromatic rings. The average molecular weight is 646 g/mol. The molecule has 11 nitrogen and oxygen atoms in total. The molecule has 1 aliphatic heterocycles. The highest BCUT2D eigenvalue weighted by atomic mass is 16.4. The molecule has 250 valence electrons. The molecular formula is C36H43N3O8. The number of aromatic nitrogens is 2. The monoisotopic (exact) mass is 645 g/mol. The second-order valence-electron chi connectivity index (χ2n) is 11.7. The maximum Gasteiger partial charge on any atom is 0.303 e. The zero-order valence-electron chi connectivity index (χ0n) is 27.2. The fourth-order valence-electron chi connectivity index (χ4n) is 5.59. The fourth-order valence-corrected chi connectivity index (χ4v) is 5.59. The lowest BCUT2D eigenvalue weighted by molar-refractivity contribution is -0.138. The zero-order chi connectivity index (χ0) is 34.8. The number of allylic oxidation sites excluding steroid dienone is 8. The Morgan fingerprint density at radius 1 is 0.638 bits per heavy atom. The quantitative estimate of drug-likeness (QED) is 0.174. The molecule has 0 unspecified atom stereocenters. The predicted octanol–water partition coefficient (Wildman–Crippen LogP) is 4.39. The molecule has 0 saturated carbocycles. The molecule has 1 aliphatic rings. The van der Waals surface area contributed by atoms with Gasteiger partial charge in [-0.1, -0.05) is 24.3 Å². The van der Waals surface area contributed by atoms with Gasteiger partial charge >= 0.3 is 23.9 Å². The Kier molecular flexibility index (Phi) is 12.5. The number of hydrogen-bond donors (Lipinski definition) is 7. The molecule has 0 atom stereocenters. The minimum atomic E-state index is -0.964. The van der Waals surface area contributed by atoms with E-state index in [0.717, 1.165) is 39.0 Å². The molecule has 0 spiro atoms. The van der Waals surface area contributed by atoms with Gasteiger partial charge in [-0.15, -0.1) is 0 Å². The van der Waals surface area contributed by atoms with Gasteiger partial charge in [-0.05, 0) is 116 Å². The van der Waals surface area contributed by atoms with Gasteiger partial charge in [0.25, 0.3) is 0 Å². The topological polar surface area (TPSA) is 207 Å². The molecule has 8 N–H and O–H groups in total. The smallest absolute Gasteiger partial charge is 0.303 e. The van der Waals surface area contributed by atoms with E-state index >= 15 is 0 Å². The molecular weight excluding hydrogens is 602 g/mol. The van der Waals surface area contributed by atoms with Crippen LogP contribution >= 0.6 is 0 Å². The lowest BCUT2D eigenvalue weighted by Crippen LogP contribution is -2.13. The summed E-state index contributed by atoms with van der Waals surface area (Å²) in [6.07, 6.45) is 13.3. The number of fused-ring (bicyclic) bond motifs is 4. The van der Waals surface area contributed by atoms with Crippen LogP contribution in [0.2, 0.25) is 0 Å². The van der Waals surface area contributed by atoms with Crippen molar-refractivity contribution in [3.05, 3.63) is 96.6 Å². The first-order chi connectivity index (χ1) is 22.2. The minimum Gasteiger partial charge on any atom is -0.481 e. The second kappa shape index (κ2) is 16.3. The highest BCUT2D eigenvalue weighted by Crippen LogP contribution is 2.26.